The van der Waals surface area contributed by atoms with Gasteiger partial charge in [-0.3, -0.25) is 0 Å². The molecular weight excluding hydrogens is 251 g/mol. The first-order valence-corrected chi connectivity index (χ1v) is 5.20. The summed E-state index contributed by atoms with van der Waals surface area (Å²) in [6.07, 6.45) is 0. The van der Waals surface area contributed by atoms with Crippen LogP contribution < -0.4 is 5.73 Å². The van der Waals surface area contributed by atoms with Crippen LogP contribution in [0.15, 0.2) is 23.4 Å². The van der Waals surface area contributed by atoms with Crippen LogP contribution in [0.3, 0.4) is 0 Å². The van der Waals surface area contributed by atoms with Crippen LogP contribution in [0.1, 0.15) is 17.3 Å². The van der Waals surface area contributed by atoms with Crippen LogP contribution in [0, 0.1) is 0 Å². The average Bonchev–Trinajstić information content (AvgIpc) is 2.25. The molecule has 0 spiro atoms. The number of benzene rings is 1. The maximum Gasteiger partial charge on any atom is 0.368 e. The third-order valence-electron chi connectivity index (χ3n) is 1.75. The van der Waals surface area contributed by atoms with Crippen LogP contribution in [-0.2, 0) is 4.84 Å². The summed E-state index contributed by atoms with van der Waals surface area (Å²) in [7, 11) is 0. The molecule has 16 heavy (non-hydrogen) atoms. The molecule has 2 N–H and O–H groups in total. The van der Waals surface area contributed by atoms with E-state index in [2.05, 4.69) is 9.99 Å². The highest BCUT2D eigenvalue weighted by Gasteiger charge is 2.16. The Bertz CT molecular complexity index is 413. The monoisotopic (exact) mass is 260 g/mol. The van der Waals surface area contributed by atoms with Gasteiger partial charge in [0.15, 0.2) is 0 Å². The van der Waals surface area contributed by atoms with Crippen molar-refractivity contribution in [2.24, 2.45) is 10.9 Å². The first-order valence-electron chi connectivity index (χ1n) is 4.45. The molecule has 86 valence electrons. The quantitative estimate of drug-likeness (QED) is 0.516. The lowest BCUT2D eigenvalue weighted by Crippen LogP contribution is -2.12. The molecule has 0 radical (unpaired) electrons. The third kappa shape index (κ3) is 3.20. The normalized spacial score (nSPS) is 11.4. The smallest absolute Gasteiger partial charge is 0.325 e. The van der Waals surface area contributed by atoms with Gasteiger partial charge in [0.2, 0.25) is 0 Å². The maximum absolute atomic E-state index is 11.6. The minimum Gasteiger partial charge on any atom is -0.325 e. The van der Waals surface area contributed by atoms with E-state index in [-0.39, 0.29) is 22.2 Å². The van der Waals surface area contributed by atoms with E-state index in [1.807, 2.05) is 0 Å². The number of halogens is 2. The molecule has 6 heteroatoms. The van der Waals surface area contributed by atoms with E-state index in [4.69, 9.17) is 28.9 Å². The van der Waals surface area contributed by atoms with Crippen molar-refractivity contribution >= 4 is 34.9 Å². The molecule has 0 atom stereocenters. The van der Waals surface area contributed by atoms with Gasteiger partial charge in [0, 0.05) is 6.54 Å². The Morgan fingerprint density at radius 1 is 1.44 bits per heavy atom. The minimum absolute atomic E-state index is 0.0967. The molecule has 0 saturated heterocycles. The van der Waals surface area contributed by atoms with Crippen molar-refractivity contribution in [2.75, 3.05) is 6.54 Å². The summed E-state index contributed by atoms with van der Waals surface area (Å²) in [5, 5.41) is 3.97. The lowest BCUT2D eigenvalue weighted by Gasteiger charge is -2.03. The fourth-order valence-corrected chi connectivity index (χ4v) is 1.45. The van der Waals surface area contributed by atoms with E-state index in [1.165, 1.54) is 0 Å². The molecule has 0 amide bonds. The molecule has 0 aliphatic heterocycles. The molecule has 1 aromatic carbocycles. The zero-order chi connectivity index (χ0) is 12.1. The van der Waals surface area contributed by atoms with Gasteiger partial charge in [-0.05, 0) is 19.1 Å². The van der Waals surface area contributed by atoms with Gasteiger partial charge in [-0.25, -0.2) is 4.79 Å². The first-order chi connectivity index (χ1) is 7.56. The molecule has 0 fully saturated rings. The highest BCUT2D eigenvalue weighted by Crippen LogP contribution is 2.24. The van der Waals surface area contributed by atoms with Gasteiger partial charge < -0.3 is 10.6 Å². The SMILES string of the molecule is CC(CN)=NOC(=O)c1c(Cl)cccc1Cl. The van der Waals surface area contributed by atoms with Gasteiger partial charge in [-0.1, -0.05) is 34.4 Å². The third-order valence-corrected chi connectivity index (χ3v) is 2.38. The van der Waals surface area contributed by atoms with Gasteiger partial charge in [-0.15, -0.1) is 0 Å². The standard InChI is InChI=1S/C10H10Cl2N2O2/c1-6(5-13)14-16-10(15)9-7(11)3-2-4-8(9)12/h2-4H,5,13H2,1H3. The fraction of sp³-hybridized carbons (Fsp3) is 0.200. The molecule has 0 aliphatic carbocycles. The molecular formula is C10H10Cl2N2O2. The van der Waals surface area contributed by atoms with Gasteiger partial charge in [0.1, 0.15) is 0 Å². The number of hydrogen-bond acceptors (Lipinski definition) is 4. The Labute approximate surface area is 103 Å². The molecule has 0 saturated carbocycles. The van der Waals surface area contributed by atoms with Crippen molar-refractivity contribution in [3.8, 4) is 0 Å². The second-order valence-electron chi connectivity index (χ2n) is 3.01. The van der Waals surface area contributed by atoms with Crippen molar-refractivity contribution in [3.63, 3.8) is 0 Å². The molecule has 1 aromatic rings. The Kier molecular flexibility index (Phi) is 4.73. The Hall–Kier alpha value is -1.10. The van der Waals surface area contributed by atoms with Gasteiger partial charge in [0.05, 0.1) is 21.3 Å². The summed E-state index contributed by atoms with van der Waals surface area (Å²) < 4.78 is 0. The van der Waals surface area contributed by atoms with E-state index >= 15 is 0 Å². The summed E-state index contributed by atoms with van der Waals surface area (Å²) in [5.74, 6) is -0.705. The van der Waals surface area contributed by atoms with E-state index < -0.39 is 5.97 Å². The molecule has 0 bridgehead atoms. The van der Waals surface area contributed by atoms with Crippen LogP contribution in [0.2, 0.25) is 10.0 Å². The molecule has 0 aliphatic rings. The number of nitrogens with zero attached hydrogens (tertiary/aromatic N) is 1. The van der Waals surface area contributed by atoms with Crippen molar-refractivity contribution < 1.29 is 9.63 Å². The molecule has 0 heterocycles. The number of hydrogen-bond donors (Lipinski definition) is 1. The molecule has 1 rings (SSSR count). The van der Waals surface area contributed by atoms with E-state index in [0.29, 0.717) is 5.71 Å². The van der Waals surface area contributed by atoms with Crippen molar-refractivity contribution in [1.29, 1.82) is 0 Å². The summed E-state index contributed by atoms with van der Waals surface area (Å²) in [4.78, 5) is 16.2. The second kappa shape index (κ2) is 5.84. The summed E-state index contributed by atoms with van der Waals surface area (Å²) in [5.41, 5.74) is 5.88. The van der Waals surface area contributed by atoms with Crippen LogP contribution in [-0.4, -0.2) is 18.2 Å². The van der Waals surface area contributed by atoms with Crippen molar-refractivity contribution in [3.05, 3.63) is 33.8 Å². The number of rotatable bonds is 3. The van der Waals surface area contributed by atoms with Crippen LogP contribution in [0.5, 0.6) is 0 Å². The van der Waals surface area contributed by atoms with E-state index in [1.54, 1.807) is 25.1 Å². The van der Waals surface area contributed by atoms with Gasteiger partial charge in [0.25, 0.3) is 0 Å². The second-order valence-corrected chi connectivity index (χ2v) is 3.82. The lowest BCUT2D eigenvalue weighted by molar-refractivity contribution is 0.0516. The fourth-order valence-electron chi connectivity index (χ4n) is 0.895. The average molecular weight is 261 g/mol. The summed E-state index contributed by atoms with van der Waals surface area (Å²) >= 11 is 11.6. The molecule has 4 nitrogen and oxygen atoms in total. The number of nitrogens with two attached hydrogens (primary N) is 1. The lowest BCUT2D eigenvalue weighted by atomic mass is 10.2. The zero-order valence-electron chi connectivity index (χ0n) is 8.54. The summed E-state index contributed by atoms with van der Waals surface area (Å²) in [6, 6.07) is 4.73. The molecule has 0 unspecified atom stereocenters. The maximum atomic E-state index is 11.6. The number of oxime groups is 1. The first kappa shape index (κ1) is 13.0. The van der Waals surface area contributed by atoms with Crippen LogP contribution >= 0.6 is 23.2 Å². The minimum atomic E-state index is -0.705. The van der Waals surface area contributed by atoms with Crippen molar-refractivity contribution in [2.45, 2.75) is 6.92 Å². The Balaban J connectivity index is 2.89. The van der Waals surface area contributed by atoms with Gasteiger partial charge >= 0.3 is 5.97 Å². The van der Waals surface area contributed by atoms with E-state index in [9.17, 15) is 4.79 Å². The Morgan fingerprint density at radius 2 is 2.00 bits per heavy atom. The predicted octanol–water partition coefficient (Wildman–Crippen LogP) is 2.48. The molecule has 0 aromatic heterocycles. The van der Waals surface area contributed by atoms with E-state index in [0.717, 1.165) is 0 Å². The number of carbonyl (C=O) groups is 1. The van der Waals surface area contributed by atoms with Crippen molar-refractivity contribution in [1.82, 2.24) is 0 Å². The van der Waals surface area contributed by atoms with Crippen LogP contribution in [0.4, 0.5) is 0 Å². The number of carbonyl (C=O) groups excluding carboxylic acids is 1. The highest BCUT2D eigenvalue weighted by molar-refractivity contribution is 6.39. The highest BCUT2D eigenvalue weighted by atomic mass is 35.5. The van der Waals surface area contributed by atoms with Gasteiger partial charge in [-0.2, -0.15) is 0 Å². The van der Waals surface area contributed by atoms with Crippen LogP contribution in [0.25, 0.3) is 0 Å². The summed E-state index contributed by atoms with van der Waals surface area (Å²) in [6.45, 7) is 1.85. The Morgan fingerprint density at radius 3 is 2.50 bits per heavy atom. The predicted molar refractivity (Wildman–Crippen MR) is 64.0 cm³/mol. The topological polar surface area (TPSA) is 64.7 Å². The largest absolute Gasteiger partial charge is 0.368 e. The zero-order valence-corrected chi connectivity index (χ0v) is 10.0.